The molecule has 17 heavy (non-hydrogen) atoms. The number of pyridine rings is 1. The number of carboxylic acid groups (broad SMARTS) is 1. The lowest BCUT2D eigenvalue weighted by molar-refractivity contribution is -0.133. The molecule has 0 amide bonds. The van der Waals surface area contributed by atoms with Crippen LogP contribution in [0, 0.1) is 0 Å². The number of aromatic nitrogens is 1. The maximum Gasteiger partial charge on any atom is 0.335 e. The second kappa shape index (κ2) is 4.80. The zero-order valence-corrected chi connectivity index (χ0v) is 9.15. The number of hydrogen-bond acceptors (Lipinski definition) is 4. The van der Waals surface area contributed by atoms with Gasteiger partial charge in [-0.15, -0.1) is 0 Å². The van der Waals surface area contributed by atoms with E-state index in [9.17, 15) is 4.79 Å². The third kappa shape index (κ3) is 2.51. The van der Waals surface area contributed by atoms with Gasteiger partial charge in [-0.1, -0.05) is 0 Å². The first kappa shape index (κ1) is 11.3. The quantitative estimate of drug-likeness (QED) is 0.800. The molecule has 0 aliphatic carbocycles. The lowest BCUT2D eigenvalue weighted by Crippen LogP contribution is -2.43. The van der Waals surface area contributed by atoms with Crippen LogP contribution in [0.25, 0.3) is 0 Å². The smallest absolute Gasteiger partial charge is 0.335 e. The highest BCUT2D eigenvalue weighted by Crippen LogP contribution is 2.15. The van der Waals surface area contributed by atoms with Crippen molar-refractivity contribution < 1.29 is 9.90 Å². The Morgan fingerprint density at radius 3 is 2.82 bits per heavy atom. The van der Waals surface area contributed by atoms with E-state index in [-0.39, 0.29) is 5.57 Å². The van der Waals surface area contributed by atoms with Crippen LogP contribution in [0.2, 0.25) is 0 Å². The largest absolute Gasteiger partial charge is 0.478 e. The minimum atomic E-state index is -0.985. The topological polar surface area (TPSA) is 79.5 Å². The van der Waals surface area contributed by atoms with E-state index >= 15 is 0 Å². The van der Waals surface area contributed by atoms with E-state index in [4.69, 9.17) is 10.8 Å². The molecule has 5 heteroatoms. The summed E-state index contributed by atoms with van der Waals surface area (Å²) in [6, 6.07) is 3.75. The molecule has 1 aromatic rings. The van der Waals surface area contributed by atoms with Gasteiger partial charge in [0.2, 0.25) is 0 Å². The van der Waals surface area contributed by atoms with Crippen molar-refractivity contribution in [3.8, 4) is 0 Å². The lowest BCUT2D eigenvalue weighted by Gasteiger charge is -2.30. The molecule has 0 fully saturated rings. The molecule has 1 aromatic heterocycles. The van der Waals surface area contributed by atoms with Crippen LogP contribution >= 0.6 is 0 Å². The van der Waals surface area contributed by atoms with E-state index in [1.54, 1.807) is 29.6 Å². The summed E-state index contributed by atoms with van der Waals surface area (Å²) in [5.74, 6) is -0.985. The highest BCUT2D eigenvalue weighted by molar-refractivity contribution is 5.88. The number of rotatable bonds is 3. The van der Waals surface area contributed by atoms with Gasteiger partial charge in [-0.2, -0.15) is 0 Å². The van der Waals surface area contributed by atoms with Crippen molar-refractivity contribution in [1.29, 1.82) is 0 Å². The average molecular weight is 231 g/mol. The van der Waals surface area contributed by atoms with Crippen molar-refractivity contribution in [2.24, 2.45) is 5.73 Å². The van der Waals surface area contributed by atoms with Crippen LogP contribution < -0.4 is 5.73 Å². The molecule has 88 valence electrons. The zero-order valence-electron chi connectivity index (χ0n) is 9.15. The van der Waals surface area contributed by atoms with Gasteiger partial charge in [0.25, 0.3) is 0 Å². The Hall–Kier alpha value is -2.14. The summed E-state index contributed by atoms with van der Waals surface area (Å²) < 4.78 is 0. The summed E-state index contributed by atoms with van der Waals surface area (Å²) in [4.78, 5) is 16.6. The first-order valence-corrected chi connectivity index (χ1v) is 5.20. The van der Waals surface area contributed by atoms with E-state index in [2.05, 4.69) is 4.98 Å². The summed E-state index contributed by atoms with van der Waals surface area (Å²) in [6.45, 7) is 0.560. The highest BCUT2D eigenvalue weighted by Gasteiger charge is 2.23. The third-order valence-corrected chi connectivity index (χ3v) is 2.59. The zero-order chi connectivity index (χ0) is 12.3. The number of aliphatic carboxylic acids is 1. The lowest BCUT2D eigenvalue weighted by atomic mass is 10.1. The van der Waals surface area contributed by atoms with Crippen molar-refractivity contribution in [1.82, 2.24) is 9.88 Å². The summed E-state index contributed by atoms with van der Waals surface area (Å²) in [5, 5.41) is 8.97. The molecule has 5 nitrogen and oxygen atoms in total. The fourth-order valence-corrected chi connectivity index (χ4v) is 1.68. The first-order chi connectivity index (χ1) is 8.18. The van der Waals surface area contributed by atoms with Crippen molar-refractivity contribution in [3.63, 3.8) is 0 Å². The Bertz CT molecular complexity index is 468. The number of allylic oxidation sites excluding steroid dienone is 2. The maximum absolute atomic E-state index is 10.9. The van der Waals surface area contributed by atoms with Gasteiger partial charge < -0.3 is 15.7 Å². The van der Waals surface area contributed by atoms with Crippen LogP contribution in [0.3, 0.4) is 0 Å². The van der Waals surface area contributed by atoms with Crippen LogP contribution in [0.5, 0.6) is 0 Å². The first-order valence-electron chi connectivity index (χ1n) is 5.20. The predicted molar refractivity (Wildman–Crippen MR) is 62.6 cm³/mol. The van der Waals surface area contributed by atoms with Crippen LogP contribution in [0.1, 0.15) is 5.56 Å². The Kier molecular flexibility index (Phi) is 3.20. The van der Waals surface area contributed by atoms with Gasteiger partial charge in [0, 0.05) is 25.1 Å². The van der Waals surface area contributed by atoms with Crippen molar-refractivity contribution in [3.05, 3.63) is 54.0 Å². The minimum Gasteiger partial charge on any atom is -0.478 e. The van der Waals surface area contributed by atoms with Gasteiger partial charge >= 0.3 is 5.97 Å². The number of carboxylic acids is 1. The molecule has 2 heterocycles. The number of nitrogens with two attached hydrogens (primary N) is 1. The second-order valence-corrected chi connectivity index (χ2v) is 3.74. The second-order valence-electron chi connectivity index (χ2n) is 3.74. The molecule has 0 radical (unpaired) electrons. The Morgan fingerprint density at radius 1 is 1.47 bits per heavy atom. The van der Waals surface area contributed by atoms with Crippen LogP contribution in [0.15, 0.2) is 48.5 Å². The molecule has 3 N–H and O–H groups in total. The van der Waals surface area contributed by atoms with E-state index in [0.717, 1.165) is 5.56 Å². The summed E-state index contributed by atoms with van der Waals surface area (Å²) in [6.07, 6.45) is 7.78. The standard InChI is InChI=1S/C12H13N3O2/c13-11-10(12(16)17)2-1-7-15(11)8-9-3-5-14-6-4-9/h1-7,11H,8,13H2,(H,16,17). The highest BCUT2D eigenvalue weighted by atomic mass is 16.4. The number of nitrogens with zero attached hydrogens (tertiary/aromatic N) is 2. The number of carbonyl (C=O) groups is 1. The Balaban J connectivity index is 2.12. The van der Waals surface area contributed by atoms with Gasteiger partial charge in [-0.3, -0.25) is 4.98 Å². The van der Waals surface area contributed by atoms with Crippen molar-refractivity contribution in [2.45, 2.75) is 12.7 Å². The molecule has 0 saturated heterocycles. The predicted octanol–water partition coefficient (Wildman–Crippen LogP) is 0.707. The van der Waals surface area contributed by atoms with Crippen molar-refractivity contribution >= 4 is 5.97 Å². The van der Waals surface area contributed by atoms with Crippen molar-refractivity contribution in [2.75, 3.05) is 0 Å². The SMILES string of the molecule is NC1C(C(=O)O)=CC=CN1Cc1ccncc1. The van der Waals surface area contributed by atoms with E-state index in [1.165, 1.54) is 6.08 Å². The van der Waals surface area contributed by atoms with Gasteiger partial charge in [0.05, 0.1) is 5.57 Å². The fraction of sp³-hybridized carbons (Fsp3) is 0.167. The molecular formula is C12H13N3O2. The molecule has 0 bridgehead atoms. The van der Waals surface area contributed by atoms with Crippen LogP contribution in [0.4, 0.5) is 0 Å². The van der Waals surface area contributed by atoms with Crippen LogP contribution in [-0.2, 0) is 11.3 Å². The molecule has 2 rings (SSSR count). The minimum absolute atomic E-state index is 0.196. The van der Waals surface area contributed by atoms with Gasteiger partial charge in [0.15, 0.2) is 0 Å². The number of hydrogen-bond donors (Lipinski definition) is 2. The monoisotopic (exact) mass is 231 g/mol. The Labute approximate surface area is 98.9 Å². The van der Waals surface area contributed by atoms with E-state index in [0.29, 0.717) is 6.54 Å². The van der Waals surface area contributed by atoms with Gasteiger partial charge in [-0.25, -0.2) is 4.79 Å². The molecule has 1 atom stereocenters. The normalized spacial score (nSPS) is 19.0. The average Bonchev–Trinajstić information content (AvgIpc) is 2.33. The Morgan fingerprint density at radius 2 is 2.18 bits per heavy atom. The molecule has 1 aliphatic heterocycles. The summed E-state index contributed by atoms with van der Waals surface area (Å²) in [5.41, 5.74) is 7.11. The maximum atomic E-state index is 10.9. The molecule has 0 saturated carbocycles. The van der Waals surface area contributed by atoms with Crippen LogP contribution in [-0.4, -0.2) is 27.1 Å². The third-order valence-electron chi connectivity index (χ3n) is 2.59. The van der Waals surface area contributed by atoms with Gasteiger partial charge in [-0.05, 0) is 29.8 Å². The van der Waals surface area contributed by atoms with E-state index in [1.807, 2.05) is 12.1 Å². The molecule has 0 spiro atoms. The molecular weight excluding hydrogens is 218 g/mol. The summed E-state index contributed by atoms with van der Waals surface area (Å²) >= 11 is 0. The van der Waals surface area contributed by atoms with Gasteiger partial charge in [0.1, 0.15) is 6.17 Å². The van der Waals surface area contributed by atoms with E-state index < -0.39 is 12.1 Å². The fourth-order valence-electron chi connectivity index (χ4n) is 1.68. The molecule has 1 aliphatic rings. The molecule has 0 aromatic carbocycles. The molecule has 1 unspecified atom stereocenters. The summed E-state index contributed by atoms with van der Waals surface area (Å²) in [7, 11) is 0.